The van der Waals surface area contributed by atoms with Gasteiger partial charge in [0, 0.05) is 0 Å². The van der Waals surface area contributed by atoms with Gasteiger partial charge < -0.3 is 9.31 Å². The van der Waals surface area contributed by atoms with Gasteiger partial charge >= 0.3 is 7.12 Å². The predicted octanol–water partition coefficient (Wildman–Crippen LogP) is 1.03. The van der Waals surface area contributed by atoms with E-state index < -0.39 is 7.12 Å². The van der Waals surface area contributed by atoms with Gasteiger partial charge in [0.2, 0.25) is 0 Å². The fourth-order valence-corrected chi connectivity index (χ4v) is 1.94. The van der Waals surface area contributed by atoms with E-state index in [0.29, 0.717) is 0 Å². The Hall–Kier alpha value is -1.40. The van der Waals surface area contributed by atoms with Crippen molar-refractivity contribution >= 4 is 18.2 Å². The van der Waals surface area contributed by atoms with E-state index in [0.717, 1.165) is 11.1 Å². The van der Waals surface area contributed by atoms with E-state index in [-0.39, 0.29) is 11.2 Å². The number of aromatic nitrogens is 3. The molecule has 1 fully saturated rings. The second kappa shape index (κ2) is 3.55. The molecule has 2 aromatic heterocycles. The summed E-state index contributed by atoms with van der Waals surface area (Å²) in [6.45, 7) is 8.13. The number of fused-ring (bicyclic) bond motifs is 1. The van der Waals surface area contributed by atoms with Gasteiger partial charge in [0.25, 0.3) is 0 Å². The highest BCUT2D eigenvalue weighted by Gasteiger charge is 2.52. The highest BCUT2D eigenvalue weighted by Crippen LogP contribution is 2.36. The van der Waals surface area contributed by atoms with Crippen LogP contribution in [0.2, 0.25) is 0 Å². The SMILES string of the molecule is CC1(C)OB(c2cc3ccnn3cn2)OC1(C)C. The second-order valence-corrected chi connectivity index (χ2v) is 5.60. The molecule has 0 saturated carbocycles. The first-order valence-corrected chi connectivity index (χ1v) is 6.04. The maximum atomic E-state index is 5.96. The third-order valence-electron chi connectivity index (χ3n) is 3.81. The molecule has 0 spiro atoms. The van der Waals surface area contributed by atoms with Gasteiger partial charge in [0.15, 0.2) is 0 Å². The fraction of sp³-hybridized carbons (Fsp3) is 0.500. The summed E-state index contributed by atoms with van der Waals surface area (Å²) in [6, 6.07) is 3.87. The molecule has 0 unspecified atom stereocenters. The van der Waals surface area contributed by atoms with E-state index in [1.807, 2.05) is 39.8 Å². The zero-order chi connectivity index (χ0) is 13.0. The lowest BCUT2D eigenvalue weighted by Gasteiger charge is -2.32. The minimum atomic E-state index is -0.421. The van der Waals surface area contributed by atoms with E-state index in [1.54, 1.807) is 17.0 Å². The molecule has 0 aromatic carbocycles. The molecule has 6 heteroatoms. The van der Waals surface area contributed by atoms with E-state index >= 15 is 0 Å². The molecule has 2 aromatic rings. The van der Waals surface area contributed by atoms with Crippen LogP contribution in [0.25, 0.3) is 5.52 Å². The van der Waals surface area contributed by atoms with E-state index in [9.17, 15) is 0 Å². The average Bonchev–Trinajstić information content (AvgIpc) is 2.80. The molecule has 0 amide bonds. The number of rotatable bonds is 1. The Labute approximate surface area is 106 Å². The van der Waals surface area contributed by atoms with Crippen molar-refractivity contribution < 1.29 is 9.31 Å². The predicted molar refractivity (Wildman–Crippen MR) is 68.7 cm³/mol. The summed E-state index contributed by atoms with van der Waals surface area (Å²) < 4.78 is 13.6. The van der Waals surface area contributed by atoms with E-state index in [4.69, 9.17) is 9.31 Å². The summed E-state index contributed by atoms with van der Waals surface area (Å²) in [7, 11) is -0.421. The standard InChI is InChI=1S/C12H16BN3O2/c1-11(2)12(3,4)18-13(17-11)10-7-9-5-6-15-16(9)8-14-10/h5-8H,1-4H3. The van der Waals surface area contributed by atoms with Gasteiger partial charge in [0.1, 0.15) is 6.33 Å². The zero-order valence-electron chi connectivity index (χ0n) is 11.0. The van der Waals surface area contributed by atoms with Crippen molar-refractivity contribution in [2.45, 2.75) is 38.9 Å². The molecule has 0 atom stereocenters. The third-order valence-corrected chi connectivity index (χ3v) is 3.81. The van der Waals surface area contributed by atoms with Crippen LogP contribution in [0.15, 0.2) is 24.7 Å². The Morgan fingerprint density at radius 1 is 1.17 bits per heavy atom. The Morgan fingerprint density at radius 2 is 1.83 bits per heavy atom. The minimum absolute atomic E-state index is 0.342. The molecular formula is C12H16BN3O2. The molecule has 0 bridgehead atoms. The first kappa shape index (κ1) is 11.7. The van der Waals surface area contributed by atoms with Crippen molar-refractivity contribution in [3.63, 3.8) is 0 Å². The fourth-order valence-electron chi connectivity index (χ4n) is 1.94. The van der Waals surface area contributed by atoms with Crippen LogP contribution < -0.4 is 5.59 Å². The van der Waals surface area contributed by atoms with Crippen LogP contribution >= 0.6 is 0 Å². The third kappa shape index (κ3) is 1.64. The molecular weight excluding hydrogens is 229 g/mol. The van der Waals surface area contributed by atoms with Crippen LogP contribution in [0.3, 0.4) is 0 Å². The molecule has 1 saturated heterocycles. The first-order chi connectivity index (χ1) is 8.39. The molecule has 0 radical (unpaired) electrons. The van der Waals surface area contributed by atoms with Gasteiger partial charge in [-0.05, 0) is 39.8 Å². The Morgan fingerprint density at radius 3 is 2.50 bits per heavy atom. The maximum absolute atomic E-state index is 5.96. The van der Waals surface area contributed by atoms with Crippen LogP contribution in [-0.4, -0.2) is 32.9 Å². The van der Waals surface area contributed by atoms with Crippen molar-refractivity contribution in [1.29, 1.82) is 0 Å². The van der Waals surface area contributed by atoms with Crippen molar-refractivity contribution in [3.05, 3.63) is 24.7 Å². The van der Waals surface area contributed by atoms with Crippen LogP contribution in [0.4, 0.5) is 0 Å². The van der Waals surface area contributed by atoms with Gasteiger partial charge in [-0.25, -0.2) is 9.50 Å². The molecule has 18 heavy (non-hydrogen) atoms. The normalized spacial score (nSPS) is 21.7. The minimum Gasteiger partial charge on any atom is -0.398 e. The molecule has 1 aliphatic rings. The van der Waals surface area contributed by atoms with Crippen LogP contribution in [0.1, 0.15) is 27.7 Å². The lowest BCUT2D eigenvalue weighted by Crippen LogP contribution is -2.41. The van der Waals surface area contributed by atoms with Gasteiger partial charge in [-0.3, -0.25) is 0 Å². The highest BCUT2D eigenvalue weighted by atomic mass is 16.7. The van der Waals surface area contributed by atoms with Crippen LogP contribution in [-0.2, 0) is 9.31 Å². The molecule has 3 rings (SSSR count). The zero-order valence-corrected chi connectivity index (χ0v) is 11.0. The highest BCUT2D eigenvalue weighted by molar-refractivity contribution is 6.61. The number of nitrogens with zero attached hydrogens (tertiary/aromatic N) is 3. The summed E-state index contributed by atoms with van der Waals surface area (Å²) in [5, 5.41) is 4.12. The lowest BCUT2D eigenvalue weighted by atomic mass is 9.84. The summed E-state index contributed by atoms with van der Waals surface area (Å²) in [6.07, 6.45) is 3.42. The molecule has 3 heterocycles. The van der Waals surface area contributed by atoms with Crippen LogP contribution in [0, 0.1) is 0 Å². The number of hydrogen-bond donors (Lipinski definition) is 0. The monoisotopic (exact) mass is 245 g/mol. The first-order valence-electron chi connectivity index (χ1n) is 6.04. The molecule has 1 aliphatic heterocycles. The summed E-state index contributed by atoms with van der Waals surface area (Å²) >= 11 is 0. The Kier molecular flexibility index (Phi) is 2.31. The van der Waals surface area contributed by atoms with Crippen LogP contribution in [0.5, 0.6) is 0 Å². The average molecular weight is 245 g/mol. The number of hydrogen-bond acceptors (Lipinski definition) is 4. The maximum Gasteiger partial charge on any atom is 0.514 e. The van der Waals surface area contributed by atoms with Gasteiger partial charge in [-0.15, -0.1) is 0 Å². The topological polar surface area (TPSA) is 48.7 Å². The summed E-state index contributed by atoms with van der Waals surface area (Å²) in [5.74, 6) is 0. The van der Waals surface area contributed by atoms with Gasteiger partial charge in [-0.2, -0.15) is 5.10 Å². The lowest BCUT2D eigenvalue weighted by molar-refractivity contribution is 0.00578. The van der Waals surface area contributed by atoms with E-state index in [1.165, 1.54) is 0 Å². The van der Waals surface area contributed by atoms with Crippen molar-refractivity contribution in [2.24, 2.45) is 0 Å². The second-order valence-electron chi connectivity index (χ2n) is 5.60. The van der Waals surface area contributed by atoms with Crippen molar-refractivity contribution in [3.8, 4) is 0 Å². The molecule has 0 N–H and O–H groups in total. The Bertz CT molecular complexity index is 578. The Balaban J connectivity index is 1.96. The summed E-state index contributed by atoms with van der Waals surface area (Å²) in [5.41, 5.74) is 1.08. The molecule has 5 nitrogen and oxygen atoms in total. The largest absolute Gasteiger partial charge is 0.514 e. The van der Waals surface area contributed by atoms with E-state index in [2.05, 4.69) is 10.1 Å². The van der Waals surface area contributed by atoms with Crippen molar-refractivity contribution in [2.75, 3.05) is 0 Å². The molecule has 0 aliphatic carbocycles. The summed E-state index contributed by atoms with van der Waals surface area (Å²) in [4.78, 5) is 4.34. The smallest absolute Gasteiger partial charge is 0.398 e. The van der Waals surface area contributed by atoms with Gasteiger partial charge in [-0.1, -0.05) is 0 Å². The van der Waals surface area contributed by atoms with Gasteiger partial charge in [0.05, 0.1) is 28.5 Å². The molecule has 94 valence electrons. The van der Waals surface area contributed by atoms with Crippen molar-refractivity contribution in [1.82, 2.24) is 14.6 Å². The quantitative estimate of drug-likeness (QED) is 0.704.